The average molecular weight is 503 g/mol. The van der Waals surface area contributed by atoms with Crippen LogP contribution < -0.4 is 9.92 Å². The molecule has 5 aromatic rings. The van der Waals surface area contributed by atoms with E-state index in [4.69, 9.17) is 9.72 Å². The first-order chi connectivity index (χ1) is 17.6. The van der Waals surface area contributed by atoms with Gasteiger partial charge in [-0.25, -0.2) is 4.98 Å². The van der Waals surface area contributed by atoms with E-state index in [0.29, 0.717) is 5.88 Å². The van der Waals surface area contributed by atoms with E-state index in [1.807, 2.05) is 42.6 Å². The molecule has 186 valence electrons. The van der Waals surface area contributed by atoms with E-state index in [0.717, 1.165) is 28.3 Å². The van der Waals surface area contributed by atoms with Gasteiger partial charge in [-0.15, -0.1) is 0 Å². The molecule has 2 heterocycles. The summed E-state index contributed by atoms with van der Waals surface area (Å²) >= 11 is 0. The molecular weight excluding hydrogens is 468 g/mol. The highest BCUT2D eigenvalue weighted by molar-refractivity contribution is 6.88. The second-order valence-corrected chi connectivity index (χ2v) is 16.7. The number of nitrogens with zero attached hydrogens (tertiary/aromatic N) is 2. The molecule has 0 aliphatic heterocycles. The predicted octanol–water partition coefficient (Wildman–Crippen LogP) is 8.60. The molecule has 3 aromatic carbocycles. The van der Waals surface area contributed by atoms with Crippen molar-refractivity contribution in [1.29, 1.82) is 0 Å². The van der Waals surface area contributed by atoms with Gasteiger partial charge in [0.05, 0.1) is 19.5 Å². The summed E-state index contributed by atoms with van der Waals surface area (Å²) in [6.07, 6.45) is 1.81. The maximum atomic E-state index is 6.41. The molecule has 37 heavy (non-hydrogen) atoms. The lowest BCUT2D eigenvalue weighted by Crippen LogP contribution is -2.37. The van der Waals surface area contributed by atoms with Gasteiger partial charge in [0.25, 0.3) is 0 Å². The zero-order valence-corrected chi connectivity index (χ0v) is 23.5. The summed E-state index contributed by atoms with van der Waals surface area (Å²) in [4.78, 5) is 9.51. The first-order valence-electron chi connectivity index (χ1n) is 12.8. The third-order valence-corrected chi connectivity index (χ3v) is 8.67. The number of ether oxygens (including phenoxy) is 1. The molecule has 0 atom stereocenters. The van der Waals surface area contributed by atoms with E-state index in [2.05, 4.69) is 100.0 Å². The smallest absolute Gasteiger partial charge is 0.219 e. The first-order valence-corrected chi connectivity index (χ1v) is 16.3. The van der Waals surface area contributed by atoms with Gasteiger partial charge in [0.15, 0.2) is 0 Å². The fraction of sp³-hybridized carbons (Fsp3) is 0.212. The van der Waals surface area contributed by atoms with Crippen LogP contribution in [0.4, 0.5) is 0 Å². The molecule has 5 rings (SSSR count). The summed E-state index contributed by atoms with van der Waals surface area (Å²) in [5, 5.41) is 3.84. The van der Waals surface area contributed by atoms with E-state index >= 15 is 0 Å². The summed E-state index contributed by atoms with van der Waals surface area (Å²) in [5.41, 5.74) is 5.35. The number of pyridine rings is 2. The quantitative estimate of drug-likeness (QED) is 0.226. The second-order valence-electron chi connectivity index (χ2n) is 11.7. The van der Waals surface area contributed by atoms with Crippen LogP contribution in [0.25, 0.3) is 33.3 Å². The Bertz CT molecular complexity index is 1560. The highest BCUT2D eigenvalue weighted by Gasteiger charge is 2.22. The number of rotatable bonds is 5. The van der Waals surface area contributed by atoms with Crippen LogP contribution >= 0.6 is 0 Å². The van der Waals surface area contributed by atoms with E-state index in [1.54, 1.807) is 0 Å². The zero-order chi connectivity index (χ0) is 26.2. The molecule has 0 bridgehead atoms. The molecule has 0 unspecified atom stereocenters. The highest BCUT2D eigenvalue weighted by Crippen LogP contribution is 2.35. The second kappa shape index (κ2) is 9.60. The van der Waals surface area contributed by atoms with Gasteiger partial charge in [-0.05, 0) is 64.2 Å². The molecule has 2 aromatic heterocycles. The Hall–Kier alpha value is -3.76. The lowest BCUT2D eigenvalue weighted by molar-refractivity contribution is 0.464. The lowest BCUT2D eigenvalue weighted by Gasteiger charge is -2.23. The number of aromatic nitrogens is 2. The molecule has 0 aliphatic carbocycles. The largest absolute Gasteiger partial charge is 0.439 e. The van der Waals surface area contributed by atoms with Crippen LogP contribution in [0.2, 0.25) is 19.6 Å². The van der Waals surface area contributed by atoms with Crippen LogP contribution in [0, 0.1) is 0 Å². The van der Waals surface area contributed by atoms with E-state index < -0.39 is 8.07 Å². The molecule has 0 aliphatic rings. The van der Waals surface area contributed by atoms with Gasteiger partial charge in [0.1, 0.15) is 5.75 Å². The molecule has 3 nitrogen and oxygen atoms in total. The minimum Gasteiger partial charge on any atom is -0.439 e. The maximum Gasteiger partial charge on any atom is 0.219 e. The van der Waals surface area contributed by atoms with Crippen molar-refractivity contribution in [2.75, 3.05) is 0 Å². The van der Waals surface area contributed by atoms with Gasteiger partial charge in [-0.1, -0.05) is 88.1 Å². The van der Waals surface area contributed by atoms with Gasteiger partial charge in [-0.2, -0.15) is 0 Å². The molecule has 0 spiro atoms. The Morgan fingerprint density at radius 1 is 0.703 bits per heavy atom. The van der Waals surface area contributed by atoms with Crippen LogP contribution in [0.3, 0.4) is 0 Å². The third kappa shape index (κ3) is 5.49. The van der Waals surface area contributed by atoms with Crippen LogP contribution in [-0.4, -0.2) is 18.0 Å². The van der Waals surface area contributed by atoms with Crippen LogP contribution in [0.5, 0.6) is 11.6 Å². The van der Waals surface area contributed by atoms with Crippen molar-refractivity contribution in [2.24, 2.45) is 0 Å². The highest BCUT2D eigenvalue weighted by atomic mass is 28.3. The average Bonchev–Trinajstić information content (AvgIpc) is 2.87. The minimum absolute atomic E-state index is 0.0112. The van der Waals surface area contributed by atoms with Gasteiger partial charge in [-0.3, -0.25) is 4.98 Å². The number of hydrogen-bond acceptors (Lipinski definition) is 3. The van der Waals surface area contributed by atoms with Gasteiger partial charge >= 0.3 is 0 Å². The SMILES string of the molecule is CC(C)(C)c1cc(-c2cc([Si](C)(C)C)cc(Oc3cccc(-c4ccccn4)c3)n2)cc2ccccc12. The Morgan fingerprint density at radius 3 is 2.22 bits per heavy atom. The zero-order valence-electron chi connectivity index (χ0n) is 22.5. The summed E-state index contributed by atoms with van der Waals surface area (Å²) in [7, 11) is -1.64. The predicted molar refractivity (Wildman–Crippen MR) is 159 cm³/mol. The van der Waals surface area contributed by atoms with Crippen molar-refractivity contribution in [1.82, 2.24) is 9.97 Å². The van der Waals surface area contributed by atoms with E-state index in [1.165, 1.54) is 21.5 Å². The molecule has 0 N–H and O–H groups in total. The molecule has 0 saturated heterocycles. The fourth-order valence-corrected chi connectivity index (χ4v) is 5.72. The Morgan fingerprint density at radius 2 is 1.49 bits per heavy atom. The number of benzene rings is 3. The van der Waals surface area contributed by atoms with Crippen molar-refractivity contribution < 1.29 is 4.74 Å². The molecular formula is C33H34N2OSi. The Balaban J connectivity index is 1.61. The van der Waals surface area contributed by atoms with Crippen molar-refractivity contribution in [3.8, 4) is 34.1 Å². The Kier molecular flexibility index (Phi) is 6.46. The third-order valence-electron chi connectivity index (χ3n) is 6.65. The monoisotopic (exact) mass is 502 g/mol. The minimum atomic E-state index is -1.64. The van der Waals surface area contributed by atoms with Gasteiger partial charge in [0.2, 0.25) is 5.88 Å². The standard InChI is InChI=1S/C33H34N2OSi/c1-33(2,3)29-20-25(18-23-12-7-8-15-28(23)29)31-21-27(37(4,5)6)22-32(35-31)36-26-14-11-13-24(19-26)30-16-9-10-17-34-30/h7-22H,1-6H3. The fourth-order valence-electron chi connectivity index (χ4n) is 4.59. The summed E-state index contributed by atoms with van der Waals surface area (Å²) in [5.74, 6) is 1.38. The van der Waals surface area contributed by atoms with Crippen molar-refractivity contribution >= 4 is 24.0 Å². The van der Waals surface area contributed by atoms with Crippen molar-refractivity contribution in [3.05, 3.63) is 103 Å². The van der Waals surface area contributed by atoms with E-state index in [9.17, 15) is 0 Å². The molecule has 0 radical (unpaired) electrons. The summed E-state index contributed by atoms with van der Waals surface area (Å²) in [6, 6.07) is 31.6. The van der Waals surface area contributed by atoms with Gasteiger partial charge in [0, 0.05) is 23.4 Å². The summed E-state index contributed by atoms with van der Waals surface area (Å²) < 4.78 is 6.41. The number of fused-ring (bicyclic) bond motifs is 1. The Labute approximate surface area is 221 Å². The normalized spacial score (nSPS) is 12.1. The van der Waals surface area contributed by atoms with Crippen LogP contribution in [0.15, 0.2) is 97.2 Å². The maximum absolute atomic E-state index is 6.41. The lowest BCUT2D eigenvalue weighted by atomic mass is 9.82. The topological polar surface area (TPSA) is 35.0 Å². The molecule has 0 amide bonds. The van der Waals surface area contributed by atoms with Crippen molar-refractivity contribution in [2.45, 2.75) is 45.8 Å². The van der Waals surface area contributed by atoms with Gasteiger partial charge < -0.3 is 4.74 Å². The van der Waals surface area contributed by atoms with E-state index in [-0.39, 0.29) is 5.41 Å². The van der Waals surface area contributed by atoms with Crippen LogP contribution in [0.1, 0.15) is 26.3 Å². The molecule has 0 fully saturated rings. The number of hydrogen-bond donors (Lipinski definition) is 0. The first kappa shape index (κ1) is 24.9. The summed E-state index contributed by atoms with van der Waals surface area (Å²) in [6.45, 7) is 13.9. The van der Waals surface area contributed by atoms with Crippen LogP contribution in [-0.2, 0) is 5.41 Å². The molecule has 0 saturated carbocycles. The molecule has 4 heteroatoms. The van der Waals surface area contributed by atoms with Crippen molar-refractivity contribution in [3.63, 3.8) is 0 Å².